The number of hydrogen-bond donors (Lipinski definition) is 2. The molecule has 2 amide bonds. The molecule has 1 aliphatic heterocycles. The molecule has 50 heavy (non-hydrogen) atoms. The minimum Gasteiger partial charge on any atom is -0.475 e. The van der Waals surface area contributed by atoms with Gasteiger partial charge in [0.15, 0.2) is 0 Å². The number of benzene rings is 2. The number of anilines is 1. The molecule has 3 aliphatic rings. The summed E-state index contributed by atoms with van der Waals surface area (Å²) < 4.78 is 41.6. The molecule has 0 unspecified atom stereocenters. The van der Waals surface area contributed by atoms with E-state index in [-0.39, 0.29) is 70.3 Å². The lowest BCUT2D eigenvalue weighted by Crippen LogP contribution is -2.58. The van der Waals surface area contributed by atoms with E-state index in [9.17, 15) is 18.0 Å². The van der Waals surface area contributed by atoms with Gasteiger partial charge < -0.3 is 19.7 Å². The van der Waals surface area contributed by atoms with E-state index in [2.05, 4.69) is 40.8 Å². The van der Waals surface area contributed by atoms with E-state index in [0.717, 1.165) is 42.4 Å². The lowest BCUT2D eigenvalue weighted by atomic mass is 9.50. The molecule has 2 fully saturated rings. The van der Waals surface area contributed by atoms with Crippen molar-refractivity contribution in [3.63, 3.8) is 0 Å². The molecule has 11 nitrogen and oxygen atoms in total. The third kappa shape index (κ3) is 7.90. The second-order valence-corrected chi connectivity index (χ2v) is 17.7. The number of nitrogens with zero attached hydrogens (tertiary/aromatic N) is 3. The standard InChI is InChI=1S/C38H49N5O6S/c1-23(2)49-36(45)39-28-18-38(19-28)16-26(17-38)21-43-29(20-37(5,6)7)22-48-32-15-31(33-24(3)10-8-11-25(33)4)40-35(41-32)42-50(46,47)30-13-9-12-27(14-30)34(43)44/h8-15,23,26,28-29H,16-22H2,1-7H3,(H,39,45)(H,40,41,42)/t26?,28?,29-,38?/m1/s1. The topological polar surface area (TPSA) is 140 Å². The first-order valence-corrected chi connectivity index (χ1v) is 19.0. The monoisotopic (exact) mass is 703 g/mol. The number of ether oxygens (including phenoxy) is 2. The van der Waals surface area contributed by atoms with E-state index in [1.54, 1.807) is 18.2 Å². The quantitative estimate of drug-likeness (QED) is 0.283. The molecule has 1 atom stereocenters. The highest BCUT2D eigenvalue weighted by Gasteiger charge is 2.54. The third-order valence-corrected chi connectivity index (χ3v) is 11.3. The number of nitrogens with one attached hydrogen (secondary N) is 2. The first kappa shape index (κ1) is 35.6. The molecule has 1 spiro atoms. The van der Waals surface area contributed by atoms with Crippen LogP contribution in [0, 0.1) is 30.6 Å². The number of hydrogen-bond acceptors (Lipinski definition) is 8. The molecule has 6 rings (SSSR count). The summed E-state index contributed by atoms with van der Waals surface area (Å²) in [4.78, 5) is 37.5. The van der Waals surface area contributed by atoms with E-state index < -0.39 is 10.0 Å². The van der Waals surface area contributed by atoms with Gasteiger partial charge in [0, 0.05) is 29.8 Å². The molecule has 3 aromatic rings. The summed E-state index contributed by atoms with van der Waals surface area (Å²) in [5.41, 5.74) is 3.69. The lowest BCUT2D eigenvalue weighted by molar-refractivity contribution is -0.0620. The summed E-state index contributed by atoms with van der Waals surface area (Å²) in [6.45, 7) is 14.7. The summed E-state index contributed by atoms with van der Waals surface area (Å²) in [5, 5.41) is 2.98. The molecule has 12 heteroatoms. The summed E-state index contributed by atoms with van der Waals surface area (Å²) in [6.07, 6.45) is 3.79. The first-order valence-electron chi connectivity index (χ1n) is 17.5. The highest BCUT2D eigenvalue weighted by atomic mass is 32.2. The van der Waals surface area contributed by atoms with E-state index >= 15 is 0 Å². The van der Waals surface area contributed by atoms with Crippen molar-refractivity contribution in [3.05, 3.63) is 65.2 Å². The van der Waals surface area contributed by atoms with E-state index in [1.807, 2.05) is 50.8 Å². The molecule has 268 valence electrons. The maximum atomic E-state index is 14.5. The normalized spacial score (nSPS) is 24.4. The van der Waals surface area contributed by atoms with Crippen LogP contribution in [0.4, 0.5) is 10.7 Å². The largest absolute Gasteiger partial charge is 0.475 e. The number of aryl methyl sites for hydroxylation is 2. The lowest BCUT2D eigenvalue weighted by Gasteiger charge is -2.58. The van der Waals surface area contributed by atoms with Gasteiger partial charge in [-0.3, -0.25) is 4.79 Å². The average Bonchev–Trinajstić information content (AvgIpc) is 2.97. The molecule has 0 saturated heterocycles. The van der Waals surface area contributed by atoms with Gasteiger partial charge in [0.1, 0.15) is 6.61 Å². The van der Waals surface area contributed by atoms with Crippen LogP contribution in [0.3, 0.4) is 0 Å². The van der Waals surface area contributed by atoms with Crippen LogP contribution in [0.2, 0.25) is 0 Å². The van der Waals surface area contributed by atoms with Crippen LogP contribution in [0.25, 0.3) is 11.3 Å². The van der Waals surface area contributed by atoms with E-state index in [4.69, 9.17) is 9.47 Å². The molecule has 2 aliphatic carbocycles. The molecular weight excluding hydrogens is 655 g/mol. The fourth-order valence-corrected chi connectivity index (χ4v) is 8.97. The fraction of sp³-hybridized carbons (Fsp3) is 0.526. The molecule has 0 radical (unpaired) electrons. The van der Waals surface area contributed by atoms with Crippen molar-refractivity contribution in [2.75, 3.05) is 17.9 Å². The second-order valence-electron chi connectivity index (χ2n) is 16.0. The number of amides is 2. The van der Waals surface area contributed by atoms with Gasteiger partial charge in [-0.1, -0.05) is 45.0 Å². The predicted octanol–water partition coefficient (Wildman–Crippen LogP) is 6.89. The zero-order chi connectivity index (χ0) is 36.0. The third-order valence-electron chi connectivity index (χ3n) is 9.95. The Labute approximate surface area is 295 Å². The Hall–Kier alpha value is -4.19. The number of fused-ring (bicyclic) bond motifs is 4. The van der Waals surface area contributed by atoms with Crippen molar-refractivity contribution in [3.8, 4) is 17.1 Å². The van der Waals surface area contributed by atoms with Gasteiger partial charge in [0.05, 0.1) is 22.7 Å². The smallest absolute Gasteiger partial charge is 0.407 e. The molecule has 1 aromatic heterocycles. The fourth-order valence-electron chi connectivity index (χ4n) is 7.99. The number of carbonyl (C=O) groups excluding carboxylic acids is 2. The van der Waals surface area contributed by atoms with Crippen LogP contribution in [-0.4, -0.2) is 66.6 Å². The van der Waals surface area contributed by atoms with Gasteiger partial charge in [-0.2, -0.15) is 4.98 Å². The molecule has 4 bridgehead atoms. The van der Waals surface area contributed by atoms with Gasteiger partial charge in [-0.15, -0.1) is 0 Å². The Morgan fingerprint density at radius 1 is 1.06 bits per heavy atom. The van der Waals surface area contributed by atoms with Crippen molar-refractivity contribution < 1.29 is 27.5 Å². The number of rotatable bonds is 6. The van der Waals surface area contributed by atoms with Crippen molar-refractivity contribution in [1.29, 1.82) is 0 Å². The number of carbonyl (C=O) groups is 2. The highest BCUT2D eigenvalue weighted by Crippen LogP contribution is 2.59. The van der Waals surface area contributed by atoms with Crippen LogP contribution in [0.15, 0.2) is 53.4 Å². The number of alkyl carbamates (subject to hydrolysis) is 1. The Morgan fingerprint density at radius 3 is 2.40 bits per heavy atom. The van der Waals surface area contributed by atoms with E-state index in [1.165, 1.54) is 12.1 Å². The van der Waals surface area contributed by atoms with Crippen molar-refractivity contribution in [2.45, 2.75) is 104 Å². The minimum atomic E-state index is -4.15. The Balaban J connectivity index is 1.31. The zero-order valence-corrected chi connectivity index (χ0v) is 30.9. The molecular formula is C38H49N5O6S. The van der Waals surface area contributed by atoms with Crippen molar-refractivity contribution >= 4 is 28.0 Å². The molecule has 2 aromatic carbocycles. The molecule has 2 N–H and O–H groups in total. The highest BCUT2D eigenvalue weighted by molar-refractivity contribution is 7.92. The van der Waals surface area contributed by atoms with Crippen LogP contribution in [-0.2, 0) is 14.8 Å². The van der Waals surface area contributed by atoms with Crippen LogP contribution >= 0.6 is 0 Å². The van der Waals surface area contributed by atoms with Gasteiger partial charge in [0.25, 0.3) is 15.9 Å². The summed E-state index contributed by atoms with van der Waals surface area (Å²) in [5.74, 6) is 0.138. The maximum absolute atomic E-state index is 14.5. The average molecular weight is 704 g/mol. The first-order chi connectivity index (χ1) is 23.5. The SMILES string of the molecule is Cc1cccc(C)c1-c1cc2nc(n1)NS(=O)(=O)c1cccc(c1)C(=O)N(CC1CC3(C1)CC(NC(=O)OC(C)C)C3)[C@H](CC(C)(C)C)CO2. The molecule has 2 heterocycles. The van der Waals surface area contributed by atoms with Gasteiger partial charge in [0.2, 0.25) is 11.8 Å². The second kappa shape index (κ2) is 13.5. The predicted molar refractivity (Wildman–Crippen MR) is 192 cm³/mol. The summed E-state index contributed by atoms with van der Waals surface area (Å²) >= 11 is 0. The van der Waals surface area contributed by atoms with Crippen LogP contribution < -0.4 is 14.8 Å². The number of sulfonamides is 1. The van der Waals surface area contributed by atoms with Crippen LogP contribution in [0.1, 0.15) is 88.2 Å². The van der Waals surface area contributed by atoms with Crippen molar-refractivity contribution in [2.24, 2.45) is 16.7 Å². The van der Waals surface area contributed by atoms with Gasteiger partial charge in [-0.05, 0) is 106 Å². The van der Waals surface area contributed by atoms with Gasteiger partial charge in [-0.25, -0.2) is 22.9 Å². The Kier molecular flexibility index (Phi) is 9.62. The zero-order valence-electron chi connectivity index (χ0n) is 30.1. The number of aromatic nitrogens is 2. The van der Waals surface area contributed by atoms with Crippen molar-refractivity contribution in [1.82, 2.24) is 20.2 Å². The van der Waals surface area contributed by atoms with E-state index in [0.29, 0.717) is 24.2 Å². The Bertz CT molecular complexity index is 1850. The summed E-state index contributed by atoms with van der Waals surface area (Å²) in [7, 11) is -4.15. The van der Waals surface area contributed by atoms with Crippen LogP contribution in [0.5, 0.6) is 5.88 Å². The minimum absolute atomic E-state index is 0.0509. The maximum Gasteiger partial charge on any atom is 0.407 e. The summed E-state index contributed by atoms with van der Waals surface area (Å²) in [6, 6.07) is 13.6. The van der Waals surface area contributed by atoms with Gasteiger partial charge >= 0.3 is 6.09 Å². The Morgan fingerprint density at radius 2 is 1.74 bits per heavy atom. The molecule has 2 saturated carbocycles.